The van der Waals surface area contributed by atoms with E-state index in [4.69, 9.17) is 5.73 Å². The first-order valence-electron chi connectivity index (χ1n) is 6.23. The average molecular weight is 236 g/mol. The van der Waals surface area contributed by atoms with E-state index in [0.29, 0.717) is 19.0 Å². The van der Waals surface area contributed by atoms with E-state index in [1.165, 1.54) is 16.7 Å². The highest BCUT2D eigenvalue weighted by Gasteiger charge is 2.05. The third-order valence-corrected chi connectivity index (χ3v) is 3.01. The van der Waals surface area contributed by atoms with Gasteiger partial charge in [-0.15, -0.1) is 0 Å². The fourth-order valence-corrected chi connectivity index (χ4v) is 1.70. The van der Waals surface area contributed by atoms with Crippen LogP contribution in [-0.4, -0.2) is 24.3 Å². The number of aliphatic hydroxyl groups excluding tert-OH is 1. The highest BCUT2D eigenvalue weighted by molar-refractivity contribution is 5.32. The van der Waals surface area contributed by atoms with Gasteiger partial charge in [0.05, 0.1) is 6.10 Å². The van der Waals surface area contributed by atoms with E-state index >= 15 is 0 Å². The van der Waals surface area contributed by atoms with Crippen molar-refractivity contribution in [2.24, 2.45) is 5.73 Å². The molecule has 0 spiro atoms. The molecule has 0 heterocycles. The van der Waals surface area contributed by atoms with E-state index in [0.717, 1.165) is 6.54 Å². The second-order valence-electron chi connectivity index (χ2n) is 4.86. The molecule has 0 aliphatic rings. The number of nitrogens with two attached hydrogens (primary N) is 1. The molecule has 4 N–H and O–H groups in total. The highest BCUT2D eigenvalue weighted by atomic mass is 16.3. The first-order valence-corrected chi connectivity index (χ1v) is 6.23. The molecule has 0 aromatic heterocycles. The zero-order chi connectivity index (χ0) is 12.8. The van der Waals surface area contributed by atoms with Gasteiger partial charge in [-0.05, 0) is 29.5 Å². The minimum atomic E-state index is -0.455. The Bertz CT molecular complexity index is 350. The Morgan fingerprint density at radius 1 is 1.35 bits per heavy atom. The van der Waals surface area contributed by atoms with Crippen molar-refractivity contribution in [3.63, 3.8) is 0 Å². The third kappa shape index (κ3) is 4.46. The summed E-state index contributed by atoms with van der Waals surface area (Å²) >= 11 is 0. The predicted molar refractivity (Wildman–Crippen MR) is 72.0 cm³/mol. The van der Waals surface area contributed by atoms with Gasteiger partial charge in [-0.1, -0.05) is 32.0 Å². The molecule has 96 valence electrons. The minimum absolute atomic E-state index is 0.304. The summed E-state index contributed by atoms with van der Waals surface area (Å²) in [6.07, 6.45) is -0.455. The molecule has 3 heteroatoms. The summed E-state index contributed by atoms with van der Waals surface area (Å²) in [6.45, 7) is 8.13. The van der Waals surface area contributed by atoms with Crippen molar-refractivity contribution in [1.82, 2.24) is 5.32 Å². The molecule has 17 heavy (non-hydrogen) atoms. The molecule has 1 atom stereocenters. The lowest BCUT2D eigenvalue weighted by Gasteiger charge is -2.13. The molecule has 1 aromatic rings. The van der Waals surface area contributed by atoms with Crippen LogP contribution in [-0.2, 0) is 6.54 Å². The molecular formula is C14H24N2O. The molecule has 0 amide bonds. The van der Waals surface area contributed by atoms with E-state index in [2.05, 4.69) is 44.3 Å². The molecular weight excluding hydrogens is 212 g/mol. The monoisotopic (exact) mass is 236 g/mol. The summed E-state index contributed by atoms with van der Waals surface area (Å²) in [7, 11) is 0. The van der Waals surface area contributed by atoms with Crippen LogP contribution in [0, 0.1) is 6.92 Å². The molecule has 0 saturated heterocycles. The van der Waals surface area contributed by atoms with Gasteiger partial charge in [-0.2, -0.15) is 0 Å². The summed E-state index contributed by atoms with van der Waals surface area (Å²) in [5, 5.41) is 12.6. The van der Waals surface area contributed by atoms with Gasteiger partial charge in [-0.25, -0.2) is 0 Å². The fraction of sp³-hybridized carbons (Fsp3) is 0.571. The normalized spacial score (nSPS) is 13.1. The summed E-state index contributed by atoms with van der Waals surface area (Å²) in [4.78, 5) is 0. The second-order valence-corrected chi connectivity index (χ2v) is 4.86. The average Bonchev–Trinajstić information content (AvgIpc) is 2.30. The fourth-order valence-electron chi connectivity index (χ4n) is 1.70. The zero-order valence-electron chi connectivity index (χ0n) is 11.0. The van der Waals surface area contributed by atoms with E-state index in [9.17, 15) is 5.11 Å². The maximum absolute atomic E-state index is 9.36. The first kappa shape index (κ1) is 14.2. The molecule has 0 saturated carbocycles. The van der Waals surface area contributed by atoms with Crippen molar-refractivity contribution < 1.29 is 5.11 Å². The first-order chi connectivity index (χ1) is 8.04. The molecule has 1 unspecified atom stereocenters. The van der Waals surface area contributed by atoms with Crippen LogP contribution in [0.4, 0.5) is 0 Å². The van der Waals surface area contributed by atoms with Gasteiger partial charge in [0.1, 0.15) is 0 Å². The van der Waals surface area contributed by atoms with Crippen molar-refractivity contribution >= 4 is 0 Å². The minimum Gasteiger partial charge on any atom is -0.390 e. The number of aliphatic hydroxyl groups is 1. The van der Waals surface area contributed by atoms with Gasteiger partial charge < -0.3 is 16.2 Å². The molecule has 0 aliphatic carbocycles. The van der Waals surface area contributed by atoms with E-state index in [1.54, 1.807) is 0 Å². The van der Waals surface area contributed by atoms with Gasteiger partial charge in [0.25, 0.3) is 0 Å². The number of nitrogens with one attached hydrogen (secondary N) is 1. The lowest BCUT2D eigenvalue weighted by molar-refractivity contribution is 0.179. The number of hydrogen-bond donors (Lipinski definition) is 3. The Morgan fingerprint density at radius 2 is 2.06 bits per heavy atom. The summed E-state index contributed by atoms with van der Waals surface area (Å²) in [5.41, 5.74) is 9.28. The quantitative estimate of drug-likeness (QED) is 0.702. The van der Waals surface area contributed by atoms with Gasteiger partial charge in [0, 0.05) is 19.6 Å². The number of aryl methyl sites for hydroxylation is 1. The van der Waals surface area contributed by atoms with Crippen LogP contribution < -0.4 is 11.1 Å². The van der Waals surface area contributed by atoms with Crippen molar-refractivity contribution in [3.8, 4) is 0 Å². The van der Waals surface area contributed by atoms with Crippen LogP contribution in [0.3, 0.4) is 0 Å². The second kappa shape index (κ2) is 6.74. The number of rotatable bonds is 6. The SMILES string of the molecule is Cc1ccc(C(C)C)cc1CNCC(O)CN. The number of hydrogen-bond acceptors (Lipinski definition) is 3. The van der Waals surface area contributed by atoms with Crippen LogP contribution in [0.2, 0.25) is 0 Å². The molecule has 0 aliphatic heterocycles. The Hall–Kier alpha value is -0.900. The molecule has 3 nitrogen and oxygen atoms in total. The van der Waals surface area contributed by atoms with Crippen LogP contribution in [0.1, 0.15) is 36.5 Å². The van der Waals surface area contributed by atoms with Gasteiger partial charge in [0.2, 0.25) is 0 Å². The van der Waals surface area contributed by atoms with Crippen molar-refractivity contribution in [1.29, 1.82) is 0 Å². The van der Waals surface area contributed by atoms with Gasteiger partial charge in [0.15, 0.2) is 0 Å². The Labute approximate surface area is 104 Å². The molecule has 0 radical (unpaired) electrons. The van der Waals surface area contributed by atoms with Crippen LogP contribution in [0.25, 0.3) is 0 Å². The summed E-state index contributed by atoms with van der Waals surface area (Å²) in [6, 6.07) is 6.58. The smallest absolute Gasteiger partial charge is 0.0786 e. The summed E-state index contributed by atoms with van der Waals surface area (Å²) in [5.74, 6) is 0.545. The maximum atomic E-state index is 9.36. The highest BCUT2D eigenvalue weighted by Crippen LogP contribution is 2.18. The number of benzene rings is 1. The third-order valence-electron chi connectivity index (χ3n) is 3.01. The lowest BCUT2D eigenvalue weighted by Crippen LogP contribution is -2.32. The Balaban J connectivity index is 2.60. The molecule has 1 rings (SSSR count). The van der Waals surface area contributed by atoms with Crippen molar-refractivity contribution in [3.05, 3.63) is 34.9 Å². The lowest BCUT2D eigenvalue weighted by atomic mass is 9.98. The largest absolute Gasteiger partial charge is 0.390 e. The van der Waals surface area contributed by atoms with Crippen LogP contribution in [0.5, 0.6) is 0 Å². The zero-order valence-corrected chi connectivity index (χ0v) is 11.0. The van der Waals surface area contributed by atoms with Gasteiger partial charge in [-0.3, -0.25) is 0 Å². The Morgan fingerprint density at radius 3 is 2.65 bits per heavy atom. The summed E-state index contributed by atoms with van der Waals surface area (Å²) < 4.78 is 0. The van der Waals surface area contributed by atoms with Crippen LogP contribution >= 0.6 is 0 Å². The molecule has 0 bridgehead atoms. The van der Waals surface area contributed by atoms with Crippen molar-refractivity contribution in [2.45, 2.75) is 39.3 Å². The van der Waals surface area contributed by atoms with E-state index < -0.39 is 6.10 Å². The van der Waals surface area contributed by atoms with Gasteiger partial charge >= 0.3 is 0 Å². The maximum Gasteiger partial charge on any atom is 0.0786 e. The Kier molecular flexibility index (Phi) is 5.62. The molecule has 1 aromatic carbocycles. The van der Waals surface area contributed by atoms with E-state index in [1.807, 2.05) is 0 Å². The van der Waals surface area contributed by atoms with Crippen molar-refractivity contribution in [2.75, 3.05) is 13.1 Å². The predicted octanol–water partition coefficient (Wildman–Crippen LogP) is 1.53. The molecule has 0 fully saturated rings. The van der Waals surface area contributed by atoms with Crippen LogP contribution in [0.15, 0.2) is 18.2 Å². The standard InChI is InChI=1S/C14H24N2O/c1-10(2)12-5-4-11(3)13(6-12)8-16-9-14(17)7-15/h4-6,10,14,16-17H,7-9,15H2,1-3H3. The van der Waals surface area contributed by atoms with E-state index in [-0.39, 0.29) is 0 Å². The topological polar surface area (TPSA) is 58.3 Å².